The molecule has 8 heteroatoms. The fourth-order valence-corrected chi connectivity index (χ4v) is 4.67. The zero-order valence-corrected chi connectivity index (χ0v) is 17.9. The number of carbonyl (C=O) groups is 1. The molecule has 0 atom stereocenters. The van der Waals surface area contributed by atoms with Gasteiger partial charge in [-0.05, 0) is 62.6 Å². The first-order valence-corrected chi connectivity index (χ1v) is 10.4. The summed E-state index contributed by atoms with van der Waals surface area (Å²) >= 11 is 0. The minimum Gasteiger partial charge on any atom is -0.398 e. The smallest absolute Gasteiger partial charge is 0.258 e. The number of amides is 1. The maximum atomic E-state index is 13.1. The van der Waals surface area contributed by atoms with Gasteiger partial charge in [0.05, 0.1) is 4.90 Å². The molecule has 2 N–H and O–H groups in total. The fourth-order valence-electron chi connectivity index (χ4n) is 3.25. The molecule has 2 aromatic carbocycles. The number of fused-ring (bicyclic) bond motifs is 1. The Bertz CT molecular complexity index is 976. The first-order chi connectivity index (χ1) is 12.7. The lowest BCUT2D eigenvalue weighted by Gasteiger charge is -2.30. The number of sulfonamides is 1. The van der Waals surface area contributed by atoms with E-state index >= 15 is 0 Å². The van der Waals surface area contributed by atoms with Crippen LogP contribution in [0.2, 0.25) is 0 Å². The minimum absolute atomic E-state index is 0. The van der Waals surface area contributed by atoms with E-state index in [9.17, 15) is 13.2 Å². The van der Waals surface area contributed by atoms with Gasteiger partial charge in [-0.15, -0.1) is 12.4 Å². The number of nitrogens with two attached hydrogens (primary N) is 1. The van der Waals surface area contributed by atoms with Gasteiger partial charge >= 0.3 is 0 Å². The summed E-state index contributed by atoms with van der Waals surface area (Å²) in [7, 11) is -2.11. The van der Waals surface area contributed by atoms with Crippen LogP contribution in [0, 0.1) is 0 Å². The molecule has 1 aliphatic rings. The SMILES string of the molecule is CC(C)N(C)S(=O)(=O)c1cccc(C(=O)N2CCCc3c(N)cccc32)c1.Cl. The van der Waals surface area contributed by atoms with Crippen molar-refractivity contribution in [3.63, 3.8) is 0 Å². The van der Waals surface area contributed by atoms with E-state index in [4.69, 9.17) is 5.73 Å². The lowest BCUT2D eigenvalue weighted by Crippen LogP contribution is -2.36. The largest absolute Gasteiger partial charge is 0.398 e. The maximum Gasteiger partial charge on any atom is 0.258 e. The molecular formula is C20H26ClN3O3S. The van der Waals surface area contributed by atoms with Gasteiger partial charge in [-0.2, -0.15) is 4.31 Å². The van der Waals surface area contributed by atoms with Crippen LogP contribution in [0.5, 0.6) is 0 Å². The molecule has 0 aliphatic carbocycles. The van der Waals surface area contributed by atoms with E-state index in [-0.39, 0.29) is 29.3 Å². The highest BCUT2D eigenvalue weighted by Crippen LogP contribution is 2.32. The Morgan fingerprint density at radius 1 is 1.18 bits per heavy atom. The monoisotopic (exact) mass is 423 g/mol. The third-order valence-corrected chi connectivity index (χ3v) is 7.05. The minimum atomic E-state index is -3.65. The number of nitrogens with zero attached hydrogens (tertiary/aromatic N) is 2. The van der Waals surface area contributed by atoms with Crippen molar-refractivity contribution in [2.24, 2.45) is 0 Å². The van der Waals surface area contributed by atoms with Crippen molar-refractivity contribution in [1.29, 1.82) is 0 Å². The van der Waals surface area contributed by atoms with E-state index in [0.29, 0.717) is 17.8 Å². The number of nitrogen functional groups attached to an aromatic ring is 1. The van der Waals surface area contributed by atoms with E-state index in [1.807, 2.05) is 32.0 Å². The second-order valence-electron chi connectivity index (χ2n) is 7.05. The predicted molar refractivity (Wildman–Crippen MR) is 115 cm³/mol. The summed E-state index contributed by atoms with van der Waals surface area (Å²) in [5.41, 5.74) is 8.87. The molecule has 0 unspecified atom stereocenters. The van der Waals surface area contributed by atoms with Crippen LogP contribution >= 0.6 is 12.4 Å². The van der Waals surface area contributed by atoms with Crippen LogP contribution in [0.15, 0.2) is 47.4 Å². The Balaban J connectivity index is 0.00000280. The zero-order valence-electron chi connectivity index (χ0n) is 16.3. The molecule has 2 aromatic rings. The summed E-state index contributed by atoms with van der Waals surface area (Å²) in [5.74, 6) is -0.217. The van der Waals surface area contributed by atoms with Crippen LogP contribution in [0.4, 0.5) is 11.4 Å². The van der Waals surface area contributed by atoms with Crippen molar-refractivity contribution in [2.45, 2.75) is 37.6 Å². The van der Waals surface area contributed by atoms with Gasteiger partial charge in [-0.25, -0.2) is 8.42 Å². The molecule has 1 aliphatic heterocycles. The van der Waals surface area contributed by atoms with Gasteiger partial charge in [0.25, 0.3) is 5.91 Å². The number of hydrogen-bond donors (Lipinski definition) is 1. The number of anilines is 2. The summed E-state index contributed by atoms with van der Waals surface area (Å²) in [6.07, 6.45) is 1.65. The highest BCUT2D eigenvalue weighted by atomic mass is 35.5. The van der Waals surface area contributed by atoms with E-state index in [2.05, 4.69) is 0 Å². The van der Waals surface area contributed by atoms with Crippen LogP contribution in [-0.4, -0.2) is 38.3 Å². The Morgan fingerprint density at radius 3 is 2.54 bits per heavy atom. The van der Waals surface area contributed by atoms with Gasteiger partial charge in [0, 0.05) is 36.6 Å². The van der Waals surface area contributed by atoms with Crippen molar-refractivity contribution in [2.75, 3.05) is 24.2 Å². The van der Waals surface area contributed by atoms with Crippen LogP contribution in [0.25, 0.3) is 0 Å². The number of halogens is 1. The molecule has 152 valence electrons. The lowest BCUT2D eigenvalue weighted by molar-refractivity contribution is 0.0985. The third-order valence-electron chi connectivity index (χ3n) is 5.02. The molecule has 0 fully saturated rings. The number of benzene rings is 2. The summed E-state index contributed by atoms with van der Waals surface area (Å²) in [4.78, 5) is 14.9. The first kappa shape index (κ1) is 22.2. The van der Waals surface area contributed by atoms with E-state index in [1.54, 1.807) is 17.0 Å². The molecule has 6 nitrogen and oxygen atoms in total. The molecule has 0 radical (unpaired) electrons. The molecule has 0 saturated carbocycles. The summed E-state index contributed by atoms with van der Waals surface area (Å²) in [6, 6.07) is 11.6. The van der Waals surface area contributed by atoms with Gasteiger partial charge in [0.15, 0.2) is 0 Å². The highest BCUT2D eigenvalue weighted by molar-refractivity contribution is 7.89. The normalized spacial score (nSPS) is 14.0. The molecule has 1 amide bonds. The van der Waals surface area contributed by atoms with E-state index < -0.39 is 10.0 Å². The van der Waals surface area contributed by atoms with Crippen molar-refractivity contribution in [3.8, 4) is 0 Å². The molecule has 0 saturated heterocycles. The second-order valence-corrected chi connectivity index (χ2v) is 9.05. The Kier molecular flexibility index (Phi) is 6.75. The van der Waals surface area contributed by atoms with Crippen LogP contribution in [0.1, 0.15) is 36.2 Å². The Hall–Kier alpha value is -2.09. The molecule has 1 heterocycles. The van der Waals surface area contributed by atoms with Crippen LogP contribution in [0.3, 0.4) is 0 Å². The second kappa shape index (κ2) is 8.51. The number of carbonyl (C=O) groups excluding carboxylic acids is 1. The van der Waals surface area contributed by atoms with Crippen LogP contribution < -0.4 is 10.6 Å². The zero-order chi connectivity index (χ0) is 19.8. The summed E-state index contributed by atoms with van der Waals surface area (Å²) < 4.78 is 26.8. The highest BCUT2D eigenvalue weighted by Gasteiger charge is 2.27. The number of rotatable bonds is 4. The topological polar surface area (TPSA) is 83.7 Å². The first-order valence-electron chi connectivity index (χ1n) is 9.01. The summed E-state index contributed by atoms with van der Waals surface area (Å²) in [6.45, 7) is 4.20. The molecular weight excluding hydrogens is 398 g/mol. The lowest BCUT2D eigenvalue weighted by atomic mass is 9.99. The molecule has 0 spiro atoms. The van der Waals surface area contributed by atoms with Crippen molar-refractivity contribution in [1.82, 2.24) is 4.31 Å². The number of hydrogen-bond acceptors (Lipinski definition) is 4. The standard InChI is InChI=1S/C20H25N3O3S.ClH/c1-14(2)22(3)27(25,26)16-8-4-7-15(13-16)20(24)23-12-6-9-17-18(21)10-5-11-19(17)23;/h4-5,7-8,10-11,13-14H,6,9,12,21H2,1-3H3;1H. The predicted octanol–water partition coefficient (Wildman–Crippen LogP) is 3.31. The Labute approximate surface area is 172 Å². The summed E-state index contributed by atoms with van der Waals surface area (Å²) in [5, 5.41) is 0. The molecule has 0 aromatic heterocycles. The maximum absolute atomic E-state index is 13.1. The average molecular weight is 424 g/mol. The van der Waals surface area contributed by atoms with Gasteiger partial charge in [-0.1, -0.05) is 12.1 Å². The van der Waals surface area contributed by atoms with Gasteiger partial charge in [0.1, 0.15) is 0 Å². The third kappa shape index (κ3) is 4.01. The van der Waals surface area contributed by atoms with E-state index in [0.717, 1.165) is 24.1 Å². The molecule has 3 rings (SSSR count). The fraction of sp³-hybridized carbons (Fsp3) is 0.350. The molecule has 28 heavy (non-hydrogen) atoms. The van der Waals surface area contributed by atoms with Gasteiger partial charge in [-0.3, -0.25) is 4.79 Å². The van der Waals surface area contributed by atoms with Crippen molar-refractivity contribution >= 4 is 39.7 Å². The van der Waals surface area contributed by atoms with Crippen molar-refractivity contribution in [3.05, 3.63) is 53.6 Å². The van der Waals surface area contributed by atoms with Gasteiger partial charge in [0.2, 0.25) is 10.0 Å². The Morgan fingerprint density at radius 2 is 1.86 bits per heavy atom. The van der Waals surface area contributed by atoms with E-state index in [1.165, 1.54) is 23.5 Å². The average Bonchev–Trinajstić information content (AvgIpc) is 2.66. The van der Waals surface area contributed by atoms with Crippen molar-refractivity contribution < 1.29 is 13.2 Å². The van der Waals surface area contributed by atoms with Crippen LogP contribution in [-0.2, 0) is 16.4 Å². The molecule has 0 bridgehead atoms. The quantitative estimate of drug-likeness (QED) is 0.764. The van der Waals surface area contributed by atoms with Gasteiger partial charge < -0.3 is 10.6 Å².